The summed E-state index contributed by atoms with van der Waals surface area (Å²) in [6.45, 7) is 1.25. The van der Waals surface area contributed by atoms with E-state index in [1.54, 1.807) is 37.7 Å². The number of likely N-dealkylation sites (tertiary alicyclic amines) is 1. The summed E-state index contributed by atoms with van der Waals surface area (Å²) in [5.41, 5.74) is 1.80. The molecule has 24 heavy (non-hydrogen) atoms. The second kappa shape index (κ2) is 7.64. The lowest BCUT2D eigenvalue weighted by Gasteiger charge is -2.24. The molecule has 2 aromatic rings. The van der Waals surface area contributed by atoms with Crippen LogP contribution < -0.4 is 10.1 Å². The molecule has 0 unspecified atom stereocenters. The fraction of sp³-hybridized carbons (Fsp3) is 0.333. The van der Waals surface area contributed by atoms with Crippen LogP contribution in [0.4, 0.5) is 5.69 Å². The van der Waals surface area contributed by atoms with Crippen molar-refractivity contribution in [2.75, 3.05) is 25.5 Å². The Morgan fingerprint density at radius 1 is 1.38 bits per heavy atom. The number of nitrogens with zero attached hydrogens (tertiary/aromatic N) is 2. The number of carbonyl (C=O) groups excluding carboxylic acids is 1. The Kier molecular flexibility index (Phi) is 5.33. The summed E-state index contributed by atoms with van der Waals surface area (Å²) in [6, 6.07) is 9.47. The van der Waals surface area contributed by atoms with E-state index < -0.39 is 0 Å². The zero-order valence-corrected chi connectivity index (χ0v) is 14.3. The Labute approximate surface area is 146 Å². The topological polar surface area (TPSA) is 54.5 Å². The molecule has 0 radical (unpaired) electrons. The Morgan fingerprint density at radius 2 is 2.17 bits per heavy atom. The molecule has 1 aromatic carbocycles. The molecule has 0 saturated carbocycles. The number of hydrogen-bond acceptors (Lipinski definition) is 4. The summed E-state index contributed by atoms with van der Waals surface area (Å²) in [7, 11) is 1.57. The highest BCUT2D eigenvalue weighted by Crippen LogP contribution is 2.32. The first-order valence-electron chi connectivity index (χ1n) is 7.95. The largest absolute Gasteiger partial charge is 0.495 e. The van der Waals surface area contributed by atoms with Gasteiger partial charge in [-0.15, -0.1) is 0 Å². The lowest BCUT2D eigenvalue weighted by Crippen LogP contribution is -2.33. The maximum Gasteiger partial charge on any atom is 0.238 e. The number of nitrogens with one attached hydrogen (secondary N) is 1. The van der Waals surface area contributed by atoms with Crippen LogP contribution in [0.2, 0.25) is 5.02 Å². The Hall–Kier alpha value is -2.11. The van der Waals surface area contributed by atoms with Gasteiger partial charge in [-0.3, -0.25) is 14.7 Å². The summed E-state index contributed by atoms with van der Waals surface area (Å²) >= 11 is 6.01. The second-order valence-corrected chi connectivity index (χ2v) is 6.24. The van der Waals surface area contributed by atoms with Crippen molar-refractivity contribution in [1.29, 1.82) is 0 Å². The maximum atomic E-state index is 12.5. The highest BCUT2D eigenvalue weighted by Gasteiger charge is 2.27. The van der Waals surface area contributed by atoms with Crippen molar-refractivity contribution in [3.63, 3.8) is 0 Å². The van der Waals surface area contributed by atoms with E-state index >= 15 is 0 Å². The van der Waals surface area contributed by atoms with Crippen LogP contribution in [-0.2, 0) is 4.79 Å². The molecular formula is C18H20ClN3O2. The van der Waals surface area contributed by atoms with Gasteiger partial charge in [0, 0.05) is 23.5 Å². The molecule has 0 bridgehead atoms. The number of pyridine rings is 1. The van der Waals surface area contributed by atoms with Crippen molar-refractivity contribution in [1.82, 2.24) is 9.88 Å². The molecule has 3 rings (SSSR count). The van der Waals surface area contributed by atoms with E-state index in [2.05, 4.69) is 15.2 Å². The van der Waals surface area contributed by atoms with Gasteiger partial charge < -0.3 is 10.1 Å². The number of rotatable bonds is 5. The molecule has 1 saturated heterocycles. The molecule has 1 fully saturated rings. The minimum atomic E-state index is -0.0727. The van der Waals surface area contributed by atoms with Gasteiger partial charge in [-0.05, 0) is 55.3 Å². The minimum absolute atomic E-state index is 0.0727. The van der Waals surface area contributed by atoms with Gasteiger partial charge >= 0.3 is 0 Å². The molecule has 1 amide bonds. The average molecular weight is 346 g/mol. The second-order valence-electron chi connectivity index (χ2n) is 5.80. The highest BCUT2D eigenvalue weighted by atomic mass is 35.5. The number of amides is 1. The van der Waals surface area contributed by atoms with Gasteiger partial charge in [-0.1, -0.05) is 11.6 Å². The van der Waals surface area contributed by atoms with E-state index in [1.165, 1.54) is 5.56 Å². The van der Waals surface area contributed by atoms with E-state index in [0.29, 0.717) is 23.0 Å². The first kappa shape index (κ1) is 16.7. The smallest absolute Gasteiger partial charge is 0.238 e. The zero-order chi connectivity index (χ0) is 16.9. The van der Waals surface area contributed by atoms with Crippen molar-refractivity contribution < 1.29 is 9.53 Å². The van der Waals surface area contributed by atoms with Crippen LogP contribution in [0.25, 0.3) is 0 Å². The molecule has 126 valence electrons. The Morgan fingerprint density at radius 3 is 2.92 bits per heavy atom. The predicted octanol–water partition coefficient (Wildman–Crippen LogP) is 3.52. The molecule has 1 aliphatic rings. The Bertz CT molecular complexity index is 709. The van der Waals surface area contributed by atoms with E-state index in [-0.39, 0.29) is 11.9 Å². The zero-order valence-electron chi connectivity index (χ0n) is 13.5. The lowest BCUT2D eigenvalue weighted by atomic mass is 10.1. The summed E-state index contributed by atoms with van der Waals surface area (Å²) in [5.74, 6) is 0.524. The van der Waals surface area contributed by atoms with E-state index in [9.17, 15) is 4.79 Å². The van der Waals surface area contributed by atoms with Crippen molar-refractivity contribution >= 4 is 23.2 Å². The van der Waals surface area contributed by atoms with Crippen LogP contribution in [0.5, 0.6) is 5.75 Å². The molecule has 1 atom stereocenters. The number of anilines is 1. The van der Waals surface area contributed by atoms with Gasteiger partial charge in [-0.2, -0.15) is 0 Å². The number of methoxy groups -OCH3 is 1. The third-order valence-electron chi connectivity index (χ3n) is 4.24. The van der Waals surface area contributed by atoms with Gasteiger partial charge in [-0.25, -0.2) is 0 Å². The van der Waals surface area contributed by atoms with Gasteiger partial charge in [0.2, 0.25) is 5.91 Å². The van der Waals surface area contributed by atoms with Crippen molar-refractivity contribution in [2.45, 2.75) is 18.9 Å². The van der Waals surface area contributed by atoms with Crippen LogP contribution >= 0.6 is 11.6 Å². The molecule has 1 aliphatic heterocycles. The molecular weight excluding hydrogens is 326 g/mol. The average Bonchev–Trinajstić information content (AvgIpc) is 3.04. The van der Waals surface area contributed by atoms with Gasteiger partial charge in [0.15, 0.2) is 0 Å². The van der Waals surface area contributed by atoms with Crippen LogP contribution in [0.1, 0.15) is 24.4 Å². The predicted molar refractivity (Wildman–Crippen MR) is 94.4 cm³/mol. The van der Waals surface area contributed by atoms with Crippen LogP contribution in [0.3, 0.4) is 0 Å². The van der Waals surface area contributed by atoms with Crippen molar-refractivity contribution in [3.8, 4) is 5.75 Å². The summed E-state index contributed by atoms with van der Waals surface area (Å²) in [4.78, 5) is 18.7. The van der Waals surface area contributed by atoms with Crippen LogP contribution in [0.15, 0.2) is 42.7 Å². The molecule has 6 heteroatoms. The fourth-order valence-electron chi connectivity index (χ4n) is 3.13. The molecule has 1 N–H and O–H groups in total. The number of benzene rings is 1. The first-order chi connectivity index (χ1) is 11.7. The summed E-state index contributed by atoms with van der Waals surface area (Å²) in [6.07, 6.45) is 5.73. The maximum absolute atomic E-state index is 12.5. The lowest BCUT2D eigenvalue weighted by molar-refractivity contribution is -0.117. The van der Waals surface area contributed by atoms with E-state index in [0.717, 1.165) is 19.4 Å². The highest BCUT2D eigenvalue weighted by molar-refractivity contribution is 6.31. The van der Waals surface area contributed by atoms with E-state index in [4.69, 9.17) is 16.3 Å². The van der Waals surface area contributed by atoms with Gasteiger partial charge in [0.1, 0.15) is 5.75 Å². The molecule has 2 heterocycles. The molecule has 5 nitrogen and oxygen atoms in total. The summed E-state index contributed by atoms with van der Waals surface area (Å²) < 4.78 is 5.27. The first-order valence-corrected chi connectivity index (χ1v) is 8.32. The summed E-state index contributed by atoms with van der Waals surface area (Å²) in [5, 5.41) is 3.46. The number of ether oxygens (including phenoxy) is 1. The number of halogens is 1. The normalized spacial score (nSPS) is 17.7. The number of aromatic nitrogens is 1. The molecule has 0 aliphatic carbocycles. The standard InChI is InChI=1S/C18H20ClN3O2/c1-24-17-5-4-14(19)11-15(17)21-18(23)12-22-10-2-3-16(22)13-6-8-20-9-7-13/h4-9,11,16H,2-3,10,12H2,1H3,(H,21,23)/t16-/m0/s1. The quantitative estimate of drug-likeness (QED) is 0.900. The third kappa shape index (κ3) is 3.86. The SMILES string of the molecule is COc1ccc(Cl)cc1NC(=O)CN1CCC[C@H]1c1ccncc1. The number of hydrogen-bond donors (Lipinski definition) is 1. The Balaban J connectivity index is 1.67. The minimum Gasteiger partial charge on any atom is -0.495 e. The molecule has 0 spiro atoms. The van der Waals surface area contributed by atoms with Crippen LogP contribution in [-0.4, -0.2) is 36.0 Å². The molecule has 1 aromatic heterocycles. The van der Waals surface area contributed by atoms with Gasteiger partial charge in [0.05, 0.1) is 19.3 Å². The van der Waals surface area contributed by atoms with E-state index in [1.807, 2.05) is 12.1 Å². The van der Waals surface area contributed by atoms with Crippen LogP contribution in [0, 0.1) is 0 Å². The fourth-order valence-corrected chi connectivity index (χ4v) is 3.30. The van der Waals surface area contributed by atoms with Crippen molar-refractivity contribution in [3.05, 3.63) is 53.3 Å². The monoisotopic (exact) mass is 345 g/mol. The third-order valence-corrected chi connectivity index (χ3v) is 4.47. The van der Waals surface area contributed by atoms with Gasteiger partial charge in [0.25, 0.3) is 0 Å². The number of carbonyl (C=O) groups is 1. The van der Waals surface area contributed by atoms with Crippen molar-refractivity contribution in [2.24, 2.45) is 0 Å².